The van der Waals surface area contributed by atoms with Gasteiger partial charge in [0, 0.05) is 0 Å². The van der Waals surface area contributed by atoms with Gasteiger partial charge in [-0.1, -0.05) is 39.5 Å². The highest BCUT2D eigenvalue weighted by Crippen LogP contribution is 2.15. The van der Waals surface area contributed by atoms with Crippen molar-refractivity contribution in [3.8, 4) is 0 Å². The van der Waals surface area contributed by atoms with Gasteiger partial charge in [-0.05, 0) is 0 Å². The summed E-state index contributed by atoms with van der Waals surface area (Å²) in [6, 6.07) is 0. The minimum Gasteiger partial charge on any atom is -0.412 e. The molecule has 1 saturated carbocycles. The fraction of sp³-hybridized carbons (Fsp3) is 1.00. The Kier molecular flexibility index (Phi) is 8.56. The number of rotatable bonds is 0. The van der Waals surface area contributed by atoms with Gasteiger partial charge >= 0.3 is 0 Å². The summed E-state index contributed by atoms with van der Waals surface area (Å²) < 4.78 is 0. The van der Waals surface area contributed by atoms with Gasteiger partial charge in [-0.15, -0.1) is 0 Å². The van der Waals surface area contributed by atoms with Crippen LogP contribution in [-0.2, 0) is 0 Å². The number of hydrogen-bond acceptors (Lipinski definition) is 0. The summed E-state index contributed by atoms with van der Waals surface area (Å²) in [6.45, 7) is 0. The molecule has 0 atom stereocenters. The van der Waals surface area contributed by atoms with Crippen molar-refractivity contribution >= 4 is 0 Å². The standard InChI is InChI=1S/C5H10.CH4.H2O/c1-2-4-5-3-1;;/h1-5H2;1H4;1H2. The lowest BCUT2D eigenvalue weighted by Gasteiger charge is -1.67. The highest BCUT2D eigenvalue weighted by Gasteiger charge is 1.95. The third-order valence-electron chi connectivity index (χ3n) is 1.25. The van der Waals surface area contributed by atoms with Crippen LogP contribution in [-0.4, -0.2) is 5.48 Å². The summed E-state index contributed by atoms with van der Waals surface area (Å²) >= 11 is 0. The molecular formula is C6H16O. The van der Waals surface area contributed by atoms with Gasteiger partial charge in [0.1, 0.15) is 0 Å². The summed E-state index contributed by atoms with van der Waals surface area (Å²) in [5, 5.41) is 0. The first-order valence-corrected chi connectivity index (χ1v) is 2.50. The van der Waals surface area contributed by atoms with Crippen LogP contribution in [0.3, 0.4) is 0 Å². The Morgan fingerprint density at radius 1 is 0.571 bits per heavy atom. The van der Waals surface area contributed by atoms with E-state index >= 15 is 0 Å². The number of hydrogen-bond donors (Lipinski definition) is 0. The van der Waals surface area contributed by atoms with Crippen LogP contribution in [0.25, 0.3) is 0 Å². The second-order valence-electron chi connectivity index (χ2n) is 1.77. The molecule has 0 radical (unpaired) electrons. The molecule has 0 aromatic carbocycles. The lowest BCUT2D eigenvalue weighted by molar-refractivity contribution is 0.824. The third kappa shape index (κ3) is 3.80. The summed E-state index contributed by atoms with van der Waals surface area (Å²) in [5.74, 6) is 0. The predicted octanol–water partition coefficient (Wildman–Crippen LogP) is 1.76. The lowest BCUT2D eigenvalue weighted by atomic mass is 10.4. The molecule has 0 aromatic rings. The molecule has 0 unspecified atom stereocenters. The van der Waals surface area contributed by atoms with Crippen LogP contribution in [0.1, 0.15) is 39.5 Å². The Bertz CT molecular complexity index is 15.8. The van der Waals surface area contributed by atoms with Crippen molar-refractivity contribution in [3.05, 3.63) is 0 Å². The smallest absolute Gasteiger partial charge is 0.0533 e. The molecule has 0 spiro atoms. The molecule has 1 rings (SSSR count). The van der Waals surface area contributed by atoms with Crippen LogP contribution >= 0.6 is 0 Å². The molecule has 1 aliphatic carbocycles. The van der Waals surface area contributed by atoms with E-state index in [0.29, 0.717) is 0 Å². The SMILES string of the molecule is C.C1CCCC1.O. The topological polar surface area (TPSA) is 31.5 Å². The zero-order valence-electron chi connectivity index (χ0n) is 4.04. The van der Waals surface area contributed by atoms with Crippen molar-refractivity contribution in [1.82, 2.24) is 0 Å². The van der Waals surface area contributed by atoms with E-state index in [1.165, 1.54) is 32.1 Å². The molecule has 7 heavy (non-hydrogen) atoms. The molecule has 0 aliphatic heterocycles. The lowest BCUT2D eigenvalue weighted by Crippen LogP contribution is -1.47. The minimum absolute atomic E-state index is 0. The molecule has 1 heteroatoms. The Labute approximate surface area is 46.0 Å². The average Bonchev–Trinajstić information content (AvgIpc) is 1.76. The van der Waals surface area contributed by atoms with Crippen molar-refractivity contribution in [2.24, 2.45) is 0 Å². The molecule has 1 nitrogen and oxygen atoms in total. The summed E-state index contributed by atoms with van der Waals surface area (Å²) in [7, 11) is 0. The summed E-state index contributed by atoms with van der Waals surface area (Å²) in [5.41, 5.74) is 0. The predicted molar refractivity (Wildman–Crippen MR) is 33.4 cm³/mol. The largest absolute Gasteiger partial charge is 0.412 e. The van der Waals surface area contributed by atoms with Crippen LogP contribution in [0.4, 0.5) is 0 Å². The van der Waals surface area contributed by atoms with E-state index in [0.717, 1.165) is 0 Å². The van der Waals surface area contributed by atoms with Crippen LogP contribution in [0, 0.1) is 0 Å². The molecule has 1 aliphatic rings. The van der Waals surface area contributed by atoms with Gasteiger partial charge in [0.2, 0.25) is 0 Å². The molecule has 0 aromatic heterocycles. The van der Waals surface area contributed by atoms with Gasteiger partial charge in [0.15, 0.2) is 0 Å². The van der Waals surface area contributed by atoms with E-state index in [4.69, 9.17) is 0 Å². The second-order valence-corrected chi connectivity index (χ2v) is 1.77. The van der Waals surface area contributed by atoms with Gasteiger partial charge in [0.05, 0.1) is 0 Å². The van der Waals surface area contributed by atoms with Crippen molar-refractivity contribution < 1.29 is 5.48 Å². The Morgan fingerprint density at radius 3 is 0.857 bits per heavy atom. The fourth-order valence-electron chi connectivity index (χ4n) is 0.884. The molecule has 0 saturated heterocycles. The van der Waals surface area contributed by atoms with Crippen molar-refractivity contribution in [3.63, 3.8) is 0 Å². The quantitative estimate of drug-likeness (QED) is 0.448. The Hall–Kier alpha value is -0.0400. The maximum Gasteiger partial charge on any atom is -0.0533 e. The summed E-state index contributed by atoms with van der Waals surface area (Å²) in [6.07, 6.45) is 7.50. The maximum absolute atomic E-state index is 1.50. The summed E-state index contributed by atoms with van der Waals surface area (Å²) in [4.78, 5) is 0. The van der Waals surface area contributed by atoms with Crippen LogP contribution in [0.2, 0.25) is 0 Å². The molecule has 2 N–H and O–H groups in total. The zero-order valence-corrected chi connectivity index (χ0v) is 4.04. The molecule has 0 bridgehead atoms. The van der Waals surface area contributed by atoms with E-state index in [2.05, 4.69) is 0 Å². The molecule has 0 heterocycles. The average molecular weight is 104 g/mol. The van der Waals surface area contributed by atoms with E-state index in [9.17, 15) is 0 Å². The zero-order chi connectivity index (χ0) is 3.54. The first-order chi connectivity index (χ1) is 2.50. The van der Waals surface area contributed by atoms with Crippen LogP contribution < -0.4 is 0 Å². The Balaban J connectivity index is 0. The normalized spacial score (nSPS) is 17.1. The van der Waals surface area contributed by atoms with E-state index in [1.54, 1.807) is 0 Å². The fourth-order valence-corrected chi connectivity index (χ4v) is 0.884. The molecule has 1 fully saturated rings. The van der Waals surface area contributed by atoms with Gasteiger partial charge in [-0.2, -0.15) is 0 Å². The third-order valence-corrected chi connectivity index (χ3v) is 1.25. The highest BCUT2D eigenvalue weighted by atomic mass is 16.0. The molecular weight excluding hydrogens is 88.1 g/mol. The molecule has 0 amide bonds. The second kappa shape index (κ2) is 5.96. The highest BCUT2D eigenvalue weighted by molar-refractivity contribution is 4.51. The van der Waals surface area contributed by atoms with Crippen molar-refractivity contribution in [2.45, 2.75) is 39.5 Å². The minimum atomic E-state index is 0. The Morgan fingerprint density at radius 2 is 0.714 bits per heavy atom. The van der Waals surface area contributed by atoms with Gasteiger partial charge in [0.25, 0.3) is 0 Å². The molecule has 46 valence electrons. The van der Waals surface area contributed by atoms with Crippen LogP contribution in [0.15, 0.2) is 0 Å². The monoisotopic (exact) mass is 104 g/mol. The first kappa shape index (κ1) is 10.0. The van der Waals surface area contributed by atoms with Crippen molar-refractivity contribution in [1.29, 1.82) is 0 Å². The van der Waals surface area contributed by atoms with Crippen LogP contribution in [0.5, 0.6) is 0 Å². The van der Waals surface area contributed by atoms with Gasteiger partial charge in [-0.3, -0.25) is 0 Å². The maximum atomic E-state index is 1.50. The van der Waals surface area contributed by atoms with E-state index in [-0.39, 0.29) is 12.9 Å². The van der Waals surface area contributed by atoms with E-state index in [1.807, 2.05) is 0 Å². The van der Waals surface area contributed by atoms with Gasteiger partial charge < -0.3 is 5.48 Å². The van der Waals surface area contributed by atoms with Gasteiger partial charge in [-0.25, -0.2) is 0 Å². The first-order valence-electron chi connectivity index (χ1n) is 2.50. The van der Waals surface area contributed by atoms with E-state index < -0.39 is 0 Å². The van der Waals surface area contributed by atoms with Crippen molar-refractivity contribution in [2.75, 3.05) is 0 Å².